The molecule has 1 aliphatic rings. The molecule has 2 aromatic carbocycles. The van der Waals surface area contributed by atoms with Crippen molar-refractivity contribution in [3.63, 3.8) is 0 Å². The molecule has 1 amide bonds. The van der Waals surface area contributed by atoms with Crippen LogP contribution in [-0.4, -0.2) is 38.8 Å². The van der Waals surface area contributed by atoms with E-state index in [1.807, 2.05) is 13.0 Å². The number of hydrogen-bond acceptors (Lipinski definition) is 8. The van der Waals surface area contributed by atoms with Gasteiger partial charge in [-0.2, -0.15) is 4.98 Å². The van der Waals surface area contributed by atoms with Crippen LogP contribution in [0.3, 0.4) is 0 Å². The number of fused-ring (bicyclic) bond motifs is 2. The van der Waals surface area contributed by atoms with Gasteiger partial charge in [-0.25, -0.2) is 9.37 Å². The zero-order chi connectivity index (χ0) is 25.9. The summed E-state index contributed by atoms with van der Waals surface area (Å²) in [5, 5.41) is 13.2. The number of ether oxygens (including phenoxy) is 2. The van der Waals surface area contributed by atoms with Crippen LogP contribution in [0, 0.1) is 12.7 Å². The van der Waals surface area contributed by atoms with Gasteiger partial charge in [-0.05, 0) is 31.2 Å². The van der Waals surface area contributed by atoms with Crippen molar-refractivity contribution in [1.82, 2.24) is 15.0 Å². The van der Waals surface area contributed by atoms with Crippen LogP contribution >= 0.6 is 11.8 Å². The number of para-hydroxylation sites is 2. The molecule has 188 valence electrons. The van der Waals surface area contributed by atoms with Crippen molar-refractivity contribution in [1.29, 1.82) is 0 Å². The average Bonchev–Trinajstić information content (AvgIpc) is 2.91. The van der Waals surface area contributed by atoms with E-state index in [-0.39, 0.29) is 35.5 Å². The minimum atomic E-state index is -0.469. The van der Waals surface area contributed by atoms with Crippen LogP contribution in [0.1, 0.15) is 22.4 Å². The molecular formula is C27H23FN4O4S. The van der Waals surface area contributed by atoms with E-state index in [9.17, 15) is 14.3 Å². The van der Waals surface area contributed by atoms with E-state index >= 15 is 0 Å². The highest BCUT2D eigenvalue weighted by molar-refractivity contribution is 8.00. The van der Waals surface area contributed by atoms with Gasteiger partial charge in [0.1, 0.15) is 16.6 Å². The Kier molecular flexibility index (Phi) is 7.02. The van der Waals surface area contributed by atoms with E-state index in [4.69, 9.17) is 9.47 Å². The number of carbonyl (C=O) groups excluding carboxylic acids is 1. The normalized spacial score (nSPS) is 11.8. The van der Waals surface area contributed by atoms with Crippen molar-refractivity contribution in [2.24, 2.45) is 0 Å². The second-order valence-electron chi connectivity index (χ2n) is 8.27. The van der Waals surface area contributed by atoms with Gasteiger partial charge in [-0.15, -0.1) is 0 Å². The van der Waals surface area contributed by atoms with Crippen molar-refractivity contribution in [3.8, 4) is 28.8 Å². The molecule has 2 aromatic heterocycles. The highest BCUT2D eigenvalue weighted by Gasteiger charge is 2.28. The highest BCUT2D eigenvalue weighted by atomic mass is 32.2. The number of aromatic nitrogens is 3. The number of methoxy groups -OCH3 is 1. The zero-order valence-corrected chi connectivity index (χ0v) is 20.9. The van der Waals surface area contributed by atoms with E-state index in [1.54, 1.807) is 42.6 Å². The standard InChI is InChI=1S/C27H23FN4O4S/c1-15-24-18(16(13-33)12-29-15)11-19-26(36-24)31-25(17-7-3-4-8-20(17)28)32-27(19)37-14-23(34)30-21-9-5-6-10-22(21)35-2/h3-10,12,33H,11,13-14H2,1-2H3,(H,30,34). The number of nitrogens with zero attached hydrogens (tertiary/aromatic N) is 3. The first-order valence-electron chi connectivity index (χ1n) is 11.5. The summed E-state index contributed by atoms with van der Waals surface area (Å²) in [6.45, 7) is 1.61. The summed E-state index contributed by atoms with van der Waals surface area (Å²) in [7, 11) is 1.53. The number of aryl methyl sites for hydroxylation is 1. The van der Waals surface area contributed by atoms with E-state index in [0.29, 0.717) is 45.5 Å². The van der Waals surface area contributed by atoms with Gasteiger partial charge in [0, 0.05) is 23.7 Å². The number of nitrogens with one attached hydrogen (secondary N) is 1. The predicted molar refractivity (Wildman–Crippen MR) is 138 cm³/mol. The van der Waals surface area contributed by atoms with Gasteiger partial charge in [0.25, 0.3) is 0 Å². The Morgan fingerprint density at radius 3 is 2.73 bits per heavy atom. The zero-order valence-electron chi connectivity index (χ0n) is 20.1. The minimum absolute atomic E-state index is 0.0350. The number of benzene rings is 2. The number of amides is 1. The van der Waals surface area contributed by atoms with Crippen molar-refractivity contribution >= 4 is 23.4 Å². The summed E-state index contributed by atoms with van der Waals surface area (Å²) in [6, 6.07) is 13.3. The van der Waals surface area contributed by atoms with Gasteiger partial charge in [-0.1, -0.05) is 36.0 Å². The third-order valence-electron chi connectivity index (χ3n) is 5.89. The number of rotatable bonds is 7. The second kappa shape index (κ2) is 10.5. The SMILES string of the molecule is COc1ccccc1NC(=O)CSc1nc(-c2ccccc2F)nc2c1Cc1c(CO)cnc(C)c1O2. The maximum atomic E-state index is 14.6. The van der Waals surface area contributed by atoms with Crippen molar-refractivity contribution in [2.75, 3.05) is 18.2 Å². The first-order valence-corrected chi connectivity index (χ1v) is 12.4. The number of hydrogen-bond donors (Lipinski definition) is 2. The molecule has 0 bridgehead atoms. The van der Waals surface area contributed by atoms with Gasteiger partial charge in [-0.3, -0.25) is 9.78 Å². The third kappa shape index (κ3) is 4.98. The Balaban J connectivity index is 1.50. The lowest BCUT2D eigenvalue weighted by atomic mass is 9.99. The summed E-state index contributed by atoms with van der Waals surface area (Å²) in [6.07, 6.45) is 1.99. The molecule has 1 aliphatic heterocycles. The Hall–Kier alpha value is -4.02. The molecule has 0 saturated carbocycles. The molecule has 0 saturated heterocycles. The quantitative estimate of drug-likeness (QED) is 0.231. The van der Waals surface area contributed by atoms with Crippen LogP contribution in [0.4, 0.5) is 10.1 Å². The Bertz CT molecular complexity index is 1500. The van der Waals surface area contributed by atoms with Crippen LogP contribution in [0.2, 0.25) is 0 Å². The maximum Gasteiger partial charge on any atom is 0.234 e. The van der Waals surface area contributed by atoms with Crippen LogP contribution in [0.5, 0.6) is 17.4 Å². The monoisotopic (exact) mass is 518 g/mol. The molecule has 5 rings (SSSR count). The molecule has 37 heavy (non-hydrogen) atoms. The Labute approximate surface area is 216 Å². The fourth-order valence-electron chi connectivity index (χ4n) is 4.04. The van der Waals surface area contributed by atoms with E-state index in [2.05, 4.69) is 20.3 Å². The van der Waals surface area contributed by atoms with Gasteiger partial charge in [0.05, 0.1) is 42.0 Å². The fourth-order valence-corrected chi connectivity index (χ4v) is 4.87. The Morgan fingerprint density at radius 1 is 1.16 bits per heavy atom. The van der Waals surface area contributed by atoms with Crippen LogP contribution in [-0.2, 0) is 17.8 Å². The van der Waals surface area contributed by atoms with E-state index in [0.717, 1.165) is 5.56 Å². The summed E-state index contributed by atoms with van der Waals surface area (Å²) < 4.78 is 26.1. The number of thioether (sulfide) groups is 1. The smallest absolute Gasteiger partial charge is 0.234 e. The van der Waals surface area contributed by atoms with Crippen molar-refractivity contribution in [2.45, 2.75) is 25.0 Å². The average molecular weight is 519 g/mol. The molecular weight excluding hydrogens is 495 g/mol. The van der Waals surface area contributed by atoms with Gasteiger partial charge in [0.15, 0.2) is 11.6 Å². The molecule has 4 aromatic rings. The largest absolute Gasteiger partial charge is 0.495 e. The van der Waals surface area contributed by atoms with Crippen molar-refractivity contribution < 1.29 is 23.8 Å². The first kappa shape index (κ1) is 24.7. The molecule has 3 heterocycles. The van der Waals surface area contributed by atoms with Gasteiger partial charge in [0.2, 0.25) is 11.8 Å². The second-order valence-corrected chi connectivity index (χ2v) is 9.23. The summed E-state index contributed by atoms with van der Waals surface area (Å²) >= 11 is 1.20. The van der Waals surface area contributed by atoms with Crippen molar-refractivity contribution in [3.05, 3.63) is 82.9 Å². The lowest BCUT2D eigenvalue weighted by molar-refractivity contribution is -0.113. The third-order valence-corrected chi connectivity index (χ3v) is 6.91. The molecule has 8 nitrogen and oxygen atoms in total. The summed E-state index contributed by atoms with van der Waals surface area (Å²) in [4.78, 5) is 26.3. The maximum absolute atomic E-state index is 14.6. The topological polar surface area (TPSA) is 106 Å². The van der Waals surface area contributed by atoms with Crippen LogP contribution in [0.25, 0.3) is 11.4 Å². The van der Waals surface area contributed by atoms with E-state index < -0.39 is 5.82 Å². The Morgan fingerprint density at radius 2 is 1.95 bits per heavy atom. The molecule has 0 aliphatic carbocycles. The fraction of sp³-hybridized carbons (Fsp3) is 0.185. The van der Waals surface area contributed by atoms with Crippen LogP contribution in [0.15, 0.2) is 59.8 Å². The van der Waals surface area contributed by atoms with E-state index in [1.165, 1.54) is 24.9 Å². The minimum Gasteiger partial charge on any atom is -0.495 e. The van der Waals surface area contributed by atoms with Crippen LogP contribution < -0.4 is 14.8 Å². The number of pyridine rings is 1. The molecule has 10 heteroatoms. The lowest BCUT2D eigenvalue weighted by Crippen LogP contribution is -2.16. The van der Waals surface area contributed by atoms with Gasteiger partial charge >= 0.3 is 0 Å². The lowest BCUT2D eigenvalue weighted by Gasteiger charge is -2.24. The predicted octanol–water partition coefficient (Wildman–Crippen LogP) is 4.91. The molecule has 0 radical (unpaired) electrons. The number of aliphatic hydroxyl groups is 1. The summed E-state index contributed by atoms with van der Waals surface area (Å²) in [5.74, 6) is 0.791. The summed E-state index contributed by atoms with van der Waals surface area (Å²) in [5.41, 5.74) is 3.50. The number of aliphatic hydroxyl groups excluding tert-OH is 1. The van der Waals surface area contributed by atoms with Gasteiger partial charge < -0.3 is 19.9 Å². The molecule has 0 spiro atoms. The number of anilines is 1. The first-order chi connectivity index (χ1) is 18.0. The highest BCUT2D eigenvalue weighted by Crippen LogP contribution is 2.42. The molecule has 0 unspecified atom stereocenters. The molecule has 0 atom stereocenters. The number of halogens is 1. The molecule has 2 N–H and O–H groups in total. The number of carbonyl (C=O) groups is 1. The molecule has 0 fully saturated rings.